The van der Waals surface area contributed by atoms with Crippen LogP contribution in [-0.2, 0) is 15.8 Å². The van der Waals surface area contributed by atoms with Crippen molar-refractivity contribution in [1.82, 2.24) is 15.8 Å². The van der Waals surface area contributed by atoms with Crippen LogP contribution >= 0.6 is 0 Å². The minimum atomic E-state index is -4.48. The standard InChI is InChI=1S/C14H12F3N3O3/c15-14(16,17)10-4-2-1-3-7(10)8-5-9(8)12(22)19-20-6-11(21)18-13(20)23/h1-4,8-9H,5-6H2,(H,19,22)(H,18,21,23)/t8-,9-/m1/s1. The zero-order chi connectivity index (χ0) is 16.8. The van der Waals surface area contributed by atoms with E-state index in [1.165, 1.54) is 18.2 Å². The molecule has 0 unspecified atom stereocenters. The van der Waals surface area contributed by atoms with E-state index in [2.05, 4.69) is 5.43 Å². The van der Waals surface area contributed by atoms with Gasteiger partial charge in [0, 0.05) is 5.92 Å². The number of imide groups is 1. The van der Waals surface area contributed by atoms with Crippen molar-refractivity contribution in [2.24, 2.45) is 5.92 Å². The largest absolute Gasteiger partial charge is 0.416 e. The maximum atomic E-state index is 13.0. The van der Waals surface area contributed by atoms with Crippen molar-refractivity contribution < 1.29 is 27.6 Å². The van der Waals surface area contributed by atoms with Gasteiger partial charge in [0.25, 0.3) is 0 Å². The highest BCUT2D eigenvalue weighted by Crippen LogP contribution is 2.51. The summed E-state index contributed by atoms with van der Waals surface area (Å²) in [4.78, 5) is 34.4. The van der Waals surface area contributed by atoms with E-state index < -0.39 is 41.4 Å². The Kier molecular flexibility index (Phi) is 3.50. The fourth-order valence-electron chi connectivity index (χ4n) is 2.65. The number of hydrogen-bond acceptors (Lipinski definition) is 3. The minimum absolute atomic E-state index is 0.0714. The molecule has 23 heavy (non-hydrogen) atoms. The summed E-state index contributed by atoms with van der Waals surface area (Å²) in [6, 6.07) is 4.37. The van der Waals surface area contributed by atoms with E-state index in [4.69, 9.17) is 0 Å². The number of alkyl halides is 3. The van der Waals surface area contributed by atoms with Crippen molar-refractivity contribution in [2.75, 3.05) is 6.54 Å². The van der Waals surface area contributed by atoms with Crippen molar-refractivity contribution in [3.8, 4) is 0 Å². The number of halogens is 3. The third-order valence-corrected chi connectivity index (χ3v) is 3.83. The molecule has 0 aromatic heterocycles. The molecule has 2 aliphatic rings. The second-order valence-corrected chi connectivity index (χ2v) is 5.45. The summed E-state index contributed by atoms with van der Waals surface area (Å²) >= 11 is 0. The van der Waals surface area contributed by atoms with Crippen LogP contribution in [0, 0.1) is 5.92 Å². The van der Waals surface area contributed by atoms with E-state index in [9.17, 15) is 27.6 Å². The number of carbonyl (C=O) groups is 3. The summed E-state index contributed by atoms with van der Waals surface area (Å²) in [5.74, 6) is -2.32. The number of nitrogens with one attached hydrogen (secondary N) is 2. The summed E-state index contributed by atoms with van der Waals surface area (Å²) in [6.45, 7) is -0.304. The molecule has 4 amide bonds. The van der Waals surface area contributed by atoms with Gasteiger partial charge in [-0.15, -0.1) is 0 Å². The first kappa shape index (κ1) is 15.3. The molecule has 1 aromatic rings. The van der Waals surface area contributed by atoms with E-state index in [1.54, 1.807) is 0 Å². The molecule has 2 N–H and O–H groups in total. The van der Waals surface area contributed by atoms with Crippen LogP contribution in [0.2, 0.25) is 0 Å². The van der Waals surface area contributed by atoms with Crippen LogP contribution < -0.4 is 10.7 Å². The molecule has 0 bridgehead atoms. The number of rotatable bonds is 3. The third kappa shape index (κ3) is 2.99. The van der Waals surface area contributed by atoms with Crippen molar-refractivity contribution in [3.05, 3.63) is 35.4 Å². The summed E-state index contributed by atoms with van der Waals surface area (Å²) in [7, 11) is 0. The van der Waals surface area contributed by atoms with Crippen molar-refractivity contribution >= 4 is 17.8 Å². The summed E-state index contributed by atoms with van der Waals surface area (Å²) in [6.07, 6.45) is -4.22. The Morgan fingerprint density at radius 2 is 1.96 bits per heavy atom. The van der Waals surface area contributed by atoms with Crippen LogP contribution in [0.5, 0.6) is 0 Å². The van der Waals surface area contributed by atoms with Gasteiger partial charge in [0.1, 0.15) is 6.54 Å². The first-order valence-corrected chi connectivity index (χ1v) is 6.85. The Balaban J connectivity index is 1.69. The minimum Gasteiger partial charge on any atom is -0.275 e. The average Bonchev–Trinajstić information content (AvgIpc) is 3.20. The van der Waals surface area contributed by atoms with Gasteiger partial charge in [-0.05, 0) is 24.0 Å². The summed E-state index contributed by atoms with van der Waals surface area (Å²) < 4.78 is 39.0. The smallest absolute Gasteiger partial charge is 0.275 e. The van der Waals surface area contributed by atoms with Crippen molar-refractivity contribution in [3.63, 3.8) is 0 Å². The Labute approximate surface area is 128 Å². The molecule has 0 spiro atoms. The maximum absolute atomic E-state index is 13.0. The van der Waals surface area contributed by atoms with Gasteiger partial charge in [-0.3, -0.25) is 20.3 Å². The van der Waals surface area contributed by atoms with Crippen molar-refractivity contribution in [1.29, 1.82) is 0 Å². The SMILES string of the molecule is O=C1CN(NC(=O)[C@@H]2C[C@@H]2c2ccccc2C(F)(F)F)C(=O)N1. The molecule has 1 heterocycles. The first-order valence-electron chi connectivity index (χ1n) is 6.85. The Bertz CT molecular complexity index is 689. The normalized spacial score (nSPS) is 23.7. The molecule has 1 saturated heterocycles. The summed E-state index contributed by atoms with van der Waals surface area (Å²) in [5, 5.41) is 2.80. The van der Waals surface area contributed by atoms with Gasteiger partial charge in [-0.25, -0.2) is 9.80 Å². The van der Waals surface area contributed by atoms with Crippen LogP contribution in [-0.4, -0.2) is 29.4 Å². The lowest BCUT2D eigenvalue weighted by atomic mass is 10.0. The first-order chi connectivity index (χ1) is 10.8. The predicted molar refractivity (Wildman–Crippen MR) is 70.7 cm³/mol. The maximum Gasteiger partial charge on any atom is 0.416 e. The Hall–Kier alpha value is -2.58. The zero-order valence-corrected chi connectivity index (χ0v) is 11.7. The van der Waals surface area contributed by atoms with Crippen LogP contribution in [0.15, 0.2) is 24.3 Å². The lowest BCUT2D eigenvalue weighted by Crippen LogP contribution is -2.45. The molecule has 1 aliphatic heterocycles. The number of hydrazine groups is 1. The van der Waals surface area contributed by atoms with Gasteiger partial charge in [-0.1, -0.05) is 18.2 Å². The molecular weight excluding hydrogens is 315 g/mol. The highest BCUT2D eigenvalue weighted by molar-refractivity contribution is 6.02. The highest BCUT2D eigenvalue weighted by atomic mass is 19.4. The quantitative estimate of drug-likeness (QED) is 0.824. The molecule has 0 radical (unpaired) electrons. The molecular formula is C14H12F3N3O3. The summed E-state index contributed by atoms with van der Waals surface area (Å²) in [5.41, 5.74) is 1.58. The lowest BCUT2D eigenvalue weighted by Gasteiger charge is -2.15. The highest BCUT2D eigenvalue weighted by Gasteiger charge is 2.48. The molecule has 2 atom stereocenters. The fraction of sp³-hybridized carbons (Fsp3) is 0.357. The van der Waals surface area contributed by atoms with Gasteiger partial charge < -0.3 is 0 Å². The zero-order valence-electron chi connectivity index (χ0n) is 11.7. The number of carbonyl (C=O) groups excluding carboxylic acids is 3. The van der Waals surface area contributed by atoms with Crippen LogP contribution in [0.3, 0.4) is 0 Å². The van der Waals surface area contributed by atoms with E-state index in [0.717, 1.165) is 11.1 Å². The predicted octanol–water partition coefficient (Wildman–Crippen LogP) is 1.39. The number of benzene rings is 1. The molecule has 2 fully saturated rings. The van der Waals surface area contributed by atoms with E-state index >= 15 is 0 Å². The van der Waals surface area contributed by atoms with E-state index in [1.807, 2.05) is 5.32 Å². The Morgan fingerprint density at radius 3 is 2.57 bits per heavy atom. The number of amides is 4. The average molecular weight is 327 g/mol. The van der Waals surface area contributed by atoms with Crippen LogP contribution in [0.25, 0.3) is 0 Å². The molecule has 1 saturated carbocycles. The van der Waals surface area contributed by atoms with E-state index in [-0.39, 0.29) is 18.5 Å². The van der Waals surface area contributed by atoms with Crippen LogP contribution in [0.1, 0.15) is 23.5 Å². The molecule has 3 rings (SSSR count). The molecule has 1 aliphatic carbocycles. The third-order valence-electron chi connectivity index (χ3n) is 3.83. The van der Waals surface area contributed by atoms with Crippen LogP contribution in [0.4, 0.5) is 18.0 Å². The lowest BCUT2D eigenvalue weighted by molar-refractivity contribution is -0.138. The molecule has 9 heteroatoms. The molecule has 1 aromatic carbocycles. The van der Waals surface area contributed by atoms with Gasteiger partial charge in [-0.2, -0.15) is 13.2 Å². The monoisotopic (exact) mass is 327 g/mol. The number of hydrogen-bond donors (Lipinski definition) is 2. The van der Waals surface area contributed by atoms with Crippen molar-refractivity contribution in [2.45, 2.75) is 18.5 Å². The topological polar surface area (TPSA) is 78.5 Å². The molecule has 6 nitrogen and oxygen atoms in total. The van der Waals surface area contributed by atoms with Gasteiger partial charge in [0.05, 0.1) is 5.56 Å². The fourth-order valence-corrected chi connectivity index (χ4v) is 2.65. The van der Waals surface area contributed by atoms with Gasteiger partial charge in [0.2, 0.25) is 11.8 Å². The van der Waals surface area contributed by atoms with Gasteiger partial charge >= 0.3 is 12.2 Å². The second kappa shape index (κ2) is 5.25. The second-order valence-electron chi connectivity index (χ2n) is 5.45. The van der Waals surface area contributed by atoms with E-state index in [0.29, 0.717) is 0 Å². The number of nitrogens with zero attached hydrogens (tertiary/aromatic N) is 1. The Morgan fingerprint density at radius 1 is 1.26 bits per heavy atom. The van der Waals surface area contributed by atoms with Gasteiger partial charge in [0.15, 0.2) is 0 Å². The number of urea groups is 1. The molecule has 122 valence electrons.